The van der Waals surface area contributed by atoms with Crippen LogP contribution >= 0.6 is 0 Å². The second kappa shape index (κ2) is 10.9. The van der Waals surface area contributed by atoms with Gasteiger partial charge in [-0.3, -0.25) is 4.99 Å². The second-order valence-electron chi connectivity index (χ2n) is 5.89. The van der Waals surface area contributed by atoms with Crippen molar-refractivity contribution in [3.05, 3.63) is 29.3 Å². The van der Waals surface area contributed by atoms with Crippen molar-refractivity contribution in [2.24, 2.45) is 4.99 Å². The number of hydrogen-bond donors (Lipinski definition) is 2. The Morgan fingerprint density at radius 2 is 1.96 bits per heavy atom. The maximum absolute atomic E-state index is 13.4. The highest BCUT2D eigenvalue weighted by Gasteiger charge is 2.33. The standard InChI is InChI=1S/C18H28F3N3O2/c1-5-25-10-6-9-23-17(22-4)24-12-14-7-8-15(26-13(2)3)11-16(14)18(19,20)21/h7-8,11,13H,5-6,9-10,12H2,1-4H3,(H2,22,23,24). The predicted octanol–water partition coefficient (Wildman–Crippen LogP) is 3.58. The highest BCUT2D eigenvalue weighted by molar-refractivity contribution is 5.79. The first kappa shape index (κ1) is 22.1. The molecule has 8 heteroatoms. The Bertz CT molecular complexity index is 575. The molecule has 1 rings (SSSR count). The number of nitrogens with zero attached hydrogens (tertiary/aromatic N) is 1. The molecule has 5 nitrogen and oxygen atoms in total. The summed E-state index contributed by atoms with van der Waals surface area (Å²) in [6.45, 7) is 7.35. The van der Waals surface area contributed by atoms with E-state index in [9.17, 15) is 13.2 Å². The maximum Gasteiger partial charge on any atom is 0.416 e. The summed E-state index contributed by atoms with van der Waals surface area (Å²) in [5.41, 5.74) is -0.583. The van der Waals surface area contributed by atoms with E-state index < -0.39 is 11.7 Å². The average Bonchev–Trinajstić information content (AvgIpc) is 2.56. The summed E-state index contributed by atoms with van der Waals surface area (Å²) >= 11 is 0. The van der Waals surface area contributed by atoms with Crippen LogP contribution in [0.15, 0.2) is 23.2 Å². The number of nitrogens with one attached hydrogen (secondary N) is 2. The van der Waals surface area contributed by atoms with Crippen LogP contribution in [0.3, 0.4) is 0 Å². The summed E-state index contributed by atoms with van der Waals surface area (Å²) in [6.07, 6.45) is -3.87. The van der Waals surface area contributed by atoms with Gasteiger partial charge in [0.2, 0.25) is 0 Å². The minimum Gasteiger partial charge on any atom is -0.491 e. The average molecular weight is 375 g/mol. The number of alkyl halides is 3. The van der Waals surface area contributed by atoms with E-state index in [1.807, 2.05) is 6.92 Å². The van der Waals surface area contributed by atoms with Gasteiger partial charge in [-0.05, 0) is 44.9 Å². The molecular weight excluding hydrogens is 347 g/mol. The lowest BCUT2D eigenvalue weighted by Gasteiger charge is -2.18. The molecule has 0 radical (unpaired) electrons. The number of hydrogen-bond acceptors (Lipinski definition) is 3. The molecule has 0 aliphatic carbocycles. The zero-order valence-corrected chi connectivity index (χ0v) is 15.7. The van der Waals surface area contributed by atoms with Gasteiger partial charge in [0, 0.05) is 33.4 Å². The van der Waals surface area contributed by atoms with Gasteiger partial charge in [-0.25, -0.2) is 0 Å². The summed E-state index contributed by atoms with van der Waals surface area (Å²) in [5, 5.41) is 5.95. The molecule has 0 aliphatic rings. The summed E-state index contributed by atoms with van der Waals surface area (Å²) in [4.78, 5) is 4.02. The zero-order chi connectivity index (χ0) is 19.6. The lowest BCUT2D eigenvalue weighted by atomic mass is 10.1. The minimum atomic E-state index is -4.46. The van der Waals surface area contributed by atoms with Crippen molar-refractivity contribution in [2.75, 3.05) is 26.8 Å². The van der Waals surface area contributed by atoms with Gasteiger partial charge < -0.3 is 20.1 Å². The molecule has 0 unspecified atom stereocenters. The van der Waals surface area contributed by atoms with E-state index in [2.05, 4.69) is 15.6 Å². The Hall–Kier alpha value is -1.96. The van der Waals surface area contributed by atoms with Crippen LogP contribution in [0, 0.1) is 0 Å². The van der Waals surface area contributed by atoms with Crippen molar-refractivity contribution >= 4 is 5.96 Å². The van der Waals surface area contributed by atoms with E-state index in [-0.39, 0.29) is 24.0 Å². The molecule has 1 aromatic rings. The minimum absolute atomic E-state index is 0.00192. The molecule has 0 aromatic heterocycles. The first-order valence-electron chi connectivity index (χ1n) is 8.67. The van der Waals surface area contributed by atoms with Crippen molar-refractivity contribution in [3.63, 3.8) is 0 Å². The van der Waals surface area contributed by atoms with Gasteiger partial charge in [-0.2, -0.15) is 13.2 Å². The van der Waals surface area contributed by atoms with Gasteiger partial charge in [0.15, 0.2) is 5.96 Å². The lowest BCUT2D eigenvalue weighted by Crippen LogP contribution is -2.38. The van der Waals surface area contributed by atoms with Crippen molar-refractivity contribution in [1.82, 2.24) is 10.6 Å². The number of aliphatic imine (C=N–C) groups is 1. The lowest BCUT2D eigenvalue weighted by molar-refractivity contribution is -0.138. The highest BCUT2D eigenvalue weighted by Crippen LogP contribution is 2.34. The number of rotatable bonds is 9. The fraction of sp³-hybridized carbons (Fsp3) is 0.611. The van der Waals surface area contributed by atoms with Crippen LogP contribution in [0.1, 0.15) is 38.3 Å². The molecule has 0 bridgehead atoms. The molecule has 0 saturated heterocycles. The van der Waals surface area contributed by atoms with Crippen LogP contribution in [-0.4, -0.2) is 38.9 Å². The monoisotopic (exact) mass is 375 g/mol. The Labute approximate surface area is 153 Å². The molecule has 148 valence electrons. The molecule has 0 fully saturated rings. The number of halogens is 3. The molecule has 0 amide bonds. The van der Waals surface area contributed by atoms with E-state index >= 15 is 0 Å². The molecule has 0 atom stereocenters. The third-order valence-corrected chi connectivity index (χ3v) is 3.39. The molecule has 1 aromatic carbocycles. The van der Waals surface area contributed by atoms with Gasteiger partial charge in [0.1, 0.15) is 5.75 Å². The summed E-state index contributed by atoms with van der Waals surface area (Å²) in [7, 11) is 1.57. The van der Waals surface area contributed by atoms with Gasteiger partial charge in [-0.15, -0.1) is 0 Å². The zero-order valence-electron chi connectivity index (χ0n) is 15.7. The van der Waals surface area contributed by atoms with Crippen LogP contribution in [0.2, 0.25) is 0 Å². The Morgan fingerprint density at radius 3 is 2.54 bits per heavy atom. The Morgan fingerprint density at radius 1 is 1.23 bits per heavy atom. The van der Waals surface area contributed by atoms with Crippen LogP contribution < -0.4 is 15.4 Å². The normalized spacial score (nSPS) is 12.4. The van der Waals surface area contributed by atoms with Crippen LogP contribution in [0.25, 0.3) is 0 Å². The van der Waals surface area contributed by atoms with E-state index in [0.29, 0.717) is 25.7 Å². The van der Waals surface area contributed by atoms with Crippen LogP contribution in [-0.2, 0) is 17.5 Å². The van der Waals surface area contributed by atoms with Crippen molar-refractivity contribution in [1.29, 1.82) is 0 Å². The molecule has 0 aliphatic heterocycles. The maximum atomic E-state index is 13.4. The topological polar surface area (TPSA) is 54.9 Å². The fourth-order valence-corrected chi connectivity index (χ4v) is 2.24. The fourth-order valence-electron chi connectivity index (χ4n) is 2.24. The van der Waals surface area contributed by atoms with Crippen molar-refractivity contribution in [3.8, 4) is 5.75 Å². The summed E-state index contributed by atoms with van der Waals surface area (Å²) in [6, 6.07) is 4.01. The summed E-state index contributed by atoms with van der Waals surface area (Å²) < 4.78 is 50.7. The Kier molecular flexibility index (Phi) is 9.26. The van der Waals surface area contributed by atoms with Crippen LogP contribution in [0.4, 0.5) is 13.2 Å². The SMILES string of the molecule is CCOCCCNC(=NC)NCc1ccc(OC(C)C)cc1C(F)(F)F. The first-order chi connectivity index (χ1) is 12.3. The number of benzene rings is 1. The van der Waals surface area contributed by atoms with E-state index in [1.165, 1.54) is 6.07 Å². The van der Waals surface area contributed by atoms with Gasteiger partial charge in [-0.1, -0.05) is 6.07 Å². The predicted molar refractivity (Wildman–Crippen MR) is 96.5 cm³/mol. The molecular formula is C18H28F3N3O2. The van der Waals surface area contributed by atoms with Crippen LogP contribution in [0.5, 0.6) is 5.75 Å². The molecule has 0 saturated carbocycles. The second-order valence-corrected chi connectivity index (χ2v) is 5.89. The molecule has 26 heavy (non-hydrogen) atoms. The van der Waals surface area contributed by atoms with Gasteiger partial charge in [0.05, 0.1) is 11.7 Å². The third kappa shape index (κ3) is 7.95. The highest BCUT2D eigenvalue weighted by atomic mass is 19.4. The molecule has 2 N–H and O–H groups in total. The molecule has 0 spiro atoms. The quantitative estimate of drug-likeness (QED) is 0.394. The van der Waals surface area contributed by atoms with E-state index in [1.54, 1.807) is 27.0 Å². The van der Waals surface area contributed by atoms with Crippen molar-refractivity contribution < 1.29 is 22.6 Å². The van der Waals surface area contributed by atoms with Crippen molar-refractivity contribution in [2.45, 2.75) is 46.0 Å². The number of guanidine groups is 1. The largest absolute Gasteiger partial charge is 0.491 e. The third-order valence-electron chi connectivity index (χ3n) is 3.39. The molecule has 0 heterocycles. The van der Waals surface area contributed by atoms with E-state index in [4.69, 9.17) is 9.47 Å². The van der Waals surface area contributed by atoms with E-state index in [0.717, 1.165) is 12.5 Å². The van der Waals surface area contributed by atoms with Gasteiger partial charge >= 0.3 is 6.18 Å². The summed E-state index contributed by atoms with van der Waals surface area (Å²) in [5.74, 6) is 0.645. The smallest absolute Gasteiger partial charge is 0.416 e. The first-order valence-corrected chi connectivity index (χ1v) is 8.67. The Balaban J connectivity index is 2.72. The van der Waals surface area contributed by atoms with Gasteiger partial charge in [0.25, 0.3) is 0 Å². The number of ether oxygens (including phenoxy) is 2.